The smallest absolute Gasteiger partial charge is 0.344 e. The van der Waals surface area contributed by atoms with E-state index in [2.05, 4.69) is 11.3 Å². The number of ether oxygens (including phenoxy) is 1. The molecule has 0 aromatic heterocycles. The Morgan fingerprint density at radius 2 is 2.00 bits per heavy atom. The first kappa shape index (κ1) is 9.01. The van der Waals surface area contributed by atoms with Crippen LogP contribution in [0.4, 0.5) is 0 Å². The van der Waals surface area contributed by atoms with Crippen molar-refractivity contribution in [2.24, 2.45) is 0 Å². The Kier molecular flexibility index (Phi) is 2.82. The third kappa shape index (κ3) is 2.46. The highest BCUT2D eigenvalue weighted by atomic mass is 16.5. The van der Waals surface area contributed by atoms with E-state index >= 15 is 0 Å². The van der Waals surface area contributed by atoms with Gasteiger partial charge in [0.1, 0.15) is 6.07 Å². The van der Waals surface area contributed by atoms with Gasteiger partial charge in [0.25, 0.3) is 0 Å². The fraction of sp³-hybridized carbons (Fsp3) is 0. The highest BCUT2D eigenvalue weighted by Crippen LogP contribution is 2.03. The van der Waals surface area contributed by atoms with E-state index in [9.17, 15) is 4.79 Å². The first-order valence-electron chi connectivity index (χ1n) is 3.60. The Labute approximate surface area is 75.9 Å². The van der Waals surface area contributed by atoms with Gasteiger partial charge in [-0.3, -0.25) is 0 Å². The molecule has 0 heterocycles. The summed E-state index contributed by atoms with van der Waals surface area (Å²) in [5, 5.41) is 8.30. The van der Waals surface area contributed by atoms with Gasteiger partial charge < -0.3 is 4.74 Å². The van der Waals surface area contributed by atoms with Crippen molar-refractivity contribution in [2.75, 3.05) is 0 Å². The third-order valence-corrected chi connectivity index (χ3v) is 1.35. The highest BCUT2D eigenvalue weighted by Gasteiger charge is 2.06. The third-order valence-electron chi connectivity index (χ3n) is 1.35. The van der Waals surface area contributed by atoms with E-state index in [1.165, 1.54) is 0 Å². The van der Waals surface area contributed by atoms with Crippen LogP contribution >= 0.6 is 0 Å². The molecule has 0 bridgehead atoms. The molecule has 64 valence electrons. The number of benzene rings is 1. The fourth-order valence-corrected chi connectivity index (χ4v) is 0.768. The highest BCUT2D eigenvalue weighted by molar-refractivity contribution is 5.90. The van der Waals surface area contributed by atoms with Crippen LogP contribution in [0, 0.1) is 11.3 Å². The molecule has 0 atom stereocenters. The average Bonchev–Trinajstić information content (AvgIpc) is 2.19. The van der Waals surface area contributed by atoms with Crippen molar-refractivity contribution in [3.05, 3.63) is 48.2 Å². The zero-order valence-electron chi connectivity index (χ0n) is 6.86. The SMILES string of the molecule is C=C(C#N)OC(=O)c1ccccc1. The van der Waals surface area contributed by atoms with E-state index < -0.39 is 5.97 Å². The molecule has 0 saturated carbocycles. The second-order valence-corrected chi connectivity index (χ2v) is 2.29. The summed E-state index contributed by atoms with van der Waals surface area (Å²) in [4.78, 5) is 11.2. The maximum absolute atomic E-state index is 11.2. The largest absolute Gasteiger partial charge is 0.412 e. The number of carbonyl (C=O) groups excluding carboxylic acids is 1. The lowest BCUT2D eigenvalue weighted by atomic mass is 10.2. The van der Waals surface area contributed by atoms with Gasteiger partial charge in [0.05, 0.1) is 5.56 Å². The molecule has 3 nitrogen and oxygen atoms in total. The van der Waals surface area contributed by atoms with Gasteiger partial charge in [-0.15, -0.1) is 0 Å². The number of esters is 1. The van der Waals surface area contributed by atoms with Gasteiger partial charge in [-0.2, -0.15) is 5.26 Å². The Bertz CT molecular complexity index is 362. The summed E-state index contributed by atoms with van der Waals surface area (Å²) in [6.07, 6.45) is 0. The molecule has 0 aliphatic heterocycles. The molecular weight excluding hydrogens is 166 g/mol. The maximum atomic E-state index is 11.2. The van der Waals surface area contributed by atoms with Crippen LogP contribution in [-0.2, 0) is 4.74 Å². The molecule has 0 amide bonds. The van der Waals surface area contributed by atoms with Gasteiger partial charge in [0.15, 0.2) is 0 Å². The molecule has 0 aliphatic carbocycles. The average molecular weight is 173 g/mol. The van der Waals surface area contributed by atoms with Crippen LogP contribution in [0.1, 0.15) is 10.4 Å². The summed E-state index contributed by atoms with van der Waals surface area (Å²) in [7, 11) is 0. The molecule has 0 saturated heterocycles. The van der Waals surface area contributed by atoms with E-state index in [1.54, 1.807) is 36.4 Å². The van der Waals surface area contributed by atoms with Gasteiger partial charge in [-0.1, -0.05) is 18.2 Å². The number of allylic oxidation sites excluding steroid dienone is 1. The van der Waals surface area contributed by atoms with Crippen LogP contribution < -0.4 is 0 Å². The van der Waals surface area contributed by atoms with E-state index in [0.29, 0.717) is 5.56 Å². The number of carbonyl (C=O) groups is 1. The number of hydrogen-bond donors (Lipinski definition) is 0. The van der Waals surface area contributed by atoms with Crippen molar-refractivity contribution in [3.8, 4) is 6.07 Å². The summed E-state index contributed by atoms with van der Waals surface area (Å²) in [5.41, 5.74) is 0.402. The monoisotopic (exact) mass is 173 g/mol. The minimum atomic E-state index is -0.563. The molecule has 0 N–H and O–H groups in total. The lowest BCUT2D eigenvalue weighted by molar-refractivity contribution is 0.0641. The second-order valence-electron chi connectivity index (χ2n) is 2.29. The normalized spacial score (nSPS) is 8.54. The Balaban J connectivity index is 2.71. The van der Waals surface area contributed by atoms with Crippen molar-refractivity contribution in [2.45, 2.75) is 0 Å². The Morgan fingerprint density at radius 1 is 1.38 bits per heavy atom. The van der Waals surface area contributed by atoms with Crippen molar-refractivity contribution < 1.29 is 9.53 Å². The van der Waals surface area contributed by atoms with Crippen LogP contribution in [-0.4, -0.2) is 5.97 Å². The first-order chi connectivity index (χ1) is 6.24. The van der Waals surface area contributed by atoms with Crippen molar-refractivity contribution in [1.29, 1.82) is 5.26 Å². The number of hydrogen-bond acceptors (Lipinski definition) is 3. The predicted octanol–water partition coefficient (Wildman–Crippen LogP) is 1.88. The summed E-state index contributed by atoms with van der Waals surface area (Å²) >= 11 is 0. The molecule has 13 heavy (non-hydrogen) atoms. The van der Waals surface area contributed by atoms with Gasteiger partial charge >= 0.3 is 5.97 Å². The van der Waals surface area contributed by atoms with Crippen LogP contribution in [0.2, 0.25) is 0 Å². The van der Waals surface area contributed by atoms with Crippen molar-refractivity contribution >= 4 is 5.97 Å². The molecular formula is C10H7NO2. The molecule has 0 radical (unpaired) electrons. The van der Waals surface area contributed by atoms with E-state index in [-0.39, 0.29) is 5.76 Å². The van der Waals surface area contributed by atoms with E-state index in [4.69, 9.17) is 5.26 Å². The van der Waals surface area contributed by atoms with E-state index in [0.717, 1.165) is 0 Å². The summed E-state index contributed by atoms with van der Waals surface area (Å²) < 4.78 is 4.59. The zero-order valence-corrected chi connectivity index (χ0v) is 6.86. The molecule has 0 aliphatic rings. The molecule has 0 spiro atoms. The Morgan fingerprint density at radius 3 is 2.54 bits per heavy atom. The molecule has 0 fully saturated rings. The fourth-order valence-electron chi connectivity index (χ4n) is 0.768. The van der Waals surface area contributed by atoms with Crippen LogP contribution in [0.5, 0.6) is 0 Å². The van der Waals surface area contributed by atoms with Crippen molar-refractivity contribution in [1.82, 2.24) is 0 Å². The Hall–Kier alpha value is -2.08. The number of nitrogens with zero attached hydrogens (tertiary/aromatic N) is 1. The summed E-state index contributed by atoms with van der Waals surface area (Å²) in [5.74, 6) is -0.763. The predicted molar refractivity (Wildman–Crippen MR) is 46.6 cm³/mol. The zero-order chi connectivity index (χ0) is 9.68. The molecule has 1 rings (SSSR count). The number of rotatable bonds is 2. The maximum Gasteiger partial charge on any atom is 0.344 e. The lowest BCUT2D eigenvalue weighted by Gasteiger charge is -1.99. The van der Waals surface area contributed by atoms with Crippen LogP contribution in [0.25, 0.3) is 0 Å². The lowest BCUT2D eigenvalue weighted by Crippen LogP contribution is -2.02. The standard InChI is InChI=1S/C10H7NO2/c1-8(7-11)13-10(12)9-5-3-2-4-6-9/h2-6H,1H2. The topological polar surface area (TPSA) is 50.1 Å². The molecule has 3 heteroatoms. The second kappa shape index (κ2) is 4.07. The molecule has 1 aromatic rings. The summed E-state index contributed by atoms with van der Waals surface area (Å²) in [6, 6.07) is 10.1. The van der Waals surface area contributed by atoms with Crippen molar-refractivity contribution in [3.63, 3.8) is 0 Å². The van der Waals surface area contributed by atoms with Gasteiger partial charge in [-0.05, 0) is 18.7 Å². The first-order valence-corrected chi connectivity index (χ1v) is 3.60. The summed E-state index contributed by atoms with van der Waals surface area (Å²) in [6.45, 7) is 3.23. The van der Waals surface area contributed by atoms with Gasteiger partial charge in [0, 0.05) is 0 Å². The van der Waals surface area contributed by atoms with Crippen LogP contribution in [0.15, 0.2) is 42.7 Å². The van der Waals surface area contributed by atoms with Gasteiger partial charge in [0.2, 0.25) is 5.76 Å². The quantitative estimate of drug-likeness (QED) is 0.389. The van der Waals surface area contributed by atoms with E-state index in [1.807, 2.05) is 0 Å². The van der Waals surface area contributed by atoms with Gasteiger partial charge in [-0.25, -0.2) is 4.79 Å². The van der Waals surface area contributed by atoms with Crippen LogP contribution in [0.3, 0.4) is 0 Å². The minimum Gasteiger partial charge on any atom is -0.412 e. The molecule has 1 aromatic carbocycles. The number of nitriles is 1. The molecule has 0 unspecified atom stereocenters. The minimum absolute atomic E-state index is 0.200.